The molecule has 1 heterocycles. The largest absolute Gasteiger partial charge is 0.486 e. The summed E-state index contributed by atoms with van der Waals surface area (Å²) < 4.78 is 8.45. The smallest absolute Gasteiger partial charge is 0.150 e. The third-order valence-electron chi connectivity index (χ3n) is 2.96. The summed E-state index contributed by atoms with van der Waals surface area (Å²) in [6, 6.07) is 4.95. The molecule has 1 aromatic heterocycles. The van der Waals surface area contributed by atoms with Crippen molar-refractivity contribution in [3.63, 3.8) is 0 Å². The van der Waals surface area contributed by atoms with Gasteiger partial charge >= 0.3 is 0 Å². The number of benzene rings is 1. The van der Waals surface area contributed by atoms with Gasteiger partial charge in [-0.15, -0.1) is 0 Å². The molecule has 0 aliphatic carbocycles. The van der Waals surface area contributed by atoms with Gasteiger partial charge in [0.15, 0.2) is 0 Å². The second-order valence-electron chi connectivity index (χ2n) is 4.28. The second-order valence-corrected chi connectivity index (χ2v) is 5.48. The molecule has 0 N–H and O–H groups in total. The summed E-state index contributed by atoms with van der Waals surface area (Å²) in [6.07, 6.45) is 1.60. The van der Waals surface area contributed by atoms with Gasteiger partial charge in [-0.2, -0.15) is 5.10 Å². The van der Waals surface area contributed by atoms with Crippen LogP contribution in [0.3, 0.4) is 0 Å². The Kier molecular flexibility index (Phi) is 4.83. The van der Waals surface area contributed by atoms with Crippen LogP contribution in [0.15, 0.2) is 22.7 Å². The molecule has 6 heteroatoms. The van der Waals surface area contributed by atoms with E-state index in [-0.39, 0.29) is 0 Å². The summed E-state index contributed by atoms with van der Waals surface area (Å²) in [7, 11) is 1.87. The molecule has 106 valence electrons. The predicted molar refractivity (Wildman–Crippen MR) is 81.5 cm³/mol. The second kappa shape index (κ2) is 6.41. The molecule has 0 bridgehead atoms. The summed E-state index contributed by atoms with van der Waals surface area (Å²) in [6.45, 7) is 2.40. The first-order chi connectivity index (χ1) is 9.56. The predicted octanol–water partition coefficient (Wildman–Crippen LogP) is 3.79. The van der Waals surface area contributed by atoms with Crippen LogP contribution in [0.1, 0.15) is 28.7 Å². The van der Waals surface area contributed by atoms with Gasteiger partial charge < -0.3 is 4.74 Å². The van der Waals surface area contributed by atoms with Crippen LogP contribution in [0.2, 0.25) is 5.02 Å². The highest BCUT2D eigenvalue weighted by Crippen LogP contribution is 2.28. The molecular weight excluding hydrogens is 344 g/mol. The lowest BCUT2D eigenvalue weighted by Gasteiger charge is -2.09. The maximum Gasteiger partial charge on any atom is 0.150 e. The summed E-state index contributed by atoms with van der Waals surface area (Å²) in [5, 5.41) is 4.82. The third-order valence-corrected chi connectivity index (χ3v) is 4.17. The first-order valence-corrected chi connectivity index (χ1v) is 7.31. The Labute approximate surface area is 130 Å². The number of hydrogen-bond acceptors (Lipinski definition) is 3. The Morgan fingerprint density at radius 3 is 2.80 bits per heavy atom. The number of aryl methyl sites for hydroxylation is 2. The minimum absolute atomic E-state index is 0.351. The van der Waals surface area contributed by atoms with Crippen LogP contribution >= 0.6 is 27.5 Å². The summed E-state index contributed by atoms with van der Waals surface area (Å²) in [5.41, 5.74) is 2.46. The van der Waals surface area contributed by atoms with Gasteiger partial charge in [-0.25, -0.2) is 0 Å². The average Bonchev–Trinajstić information content (AvgIpc) is 2.72. The number of carbonyl (C=O) groups excluding carboxylic acids is 1. The molecule has 4 nitrogen and oxygen atoms in total. The van der Waals surface area contributed by atoms with Crippen molar-refractivity contribution in [2.75, 3.05) is 0 Å². The number of aromatic nitrogens is 2. The van der Waals surface area contributed by atoms with E-state index in [0.717, 1.165) is 28.6 Å². The summed E-state index contributed by atoms with van der Waals surface area (Å²) in [4.78, 5) is 10.7. The zero-order valence-electron chi connectivity index (χ0n) is 11.2. The third kappa shape index (κ3) is 3.04. The Morgan fingerprint density at radius 1 is 1.50 bits per heavy atom. The van der Waals surface area contributed by atoms with E-state index >= 15 is 0 Å². The van der Waals surface area contributed by atoms with Crippen LogP contribution < -0.4 is 4.74 Å². The molecule has 0 saturated carbocycles. The van der Waals surface area contributed by atoms with Crippen LogP contribution in [-0.4, -0.2) is 16.1 Å². The van der Waals surface area contributed by atoms with E-state index in [2.05, 4.69) is 21.0 Å². The number of aldehydes is 1. The highest BCUT2D eigenvalue weighted by Gasteiger charge is 2.13. The molecule has 0 aliphatic heterocycles. The first kappa shape index (κ1) is 15.1. The molecule has 1 aromatic carbocycles. The molecule has 0 spiro atoms. The van der Waals surface area contributed by atoms with Crippen molar-refractivity contribution in [1.82, 2.24) is 9.78 Å². The van der Waals surface area contributed by atoms with E-state index in [0.29, 0.717) is 22.9 Å². The maximum atomic E-state index is 10.7. The number of nitrogens with zero attached hydrogens (tertiary/aromatic N) is 2. The first-order valence-electron chi connectivity index (χ1n) is 6.14. The van der Waals surface area contributed by atoms with Gasteiger partial charge in [-0.05, 0) is 40.5 Å². The molecule has 0 atom stereocenters. The molecule has 0 radical (unpaired) electrons. The number of hydrogen-bond donors (Lipinski definition) is 0. The number of halogens is 2. The van der Waals surface area contributed by atoms with E-state index < -0.39 is 0 Å². The fourth-order valence-corrected chi connectivity index (χ4v) is 2.80. The van der Waals surface area contributed by atoms with E-state index in [4.69, 9.17) is 16.3 Å². The fraction of sp³-hybridized carbons (Fsp3) is 0.286. The van der Waals surface area contributed by atoms with Gasteiger partial charge in [0, 0.05) is 12.6 Å². The lowest BCUT2D eigenvalue weighted by atomic mass is 10.2. The maximum absolute atomic E-state index is 10.7. The Bertz CT molecular complexity index is 640. The van der Waals surface area contributed by atoms with Crippen LogP contribution in [0, 0.1) is 0 Å². The van der Waals surface area contributed by atoms with Gasteiger partial charge in [0.1, 0.15) is 18.6 Å². The molecule has 0 amide bonds. The van der Waals surface area contributed by atoms with Crippen molar-refractivity contribution in [2.45, 2.75) is 20.0 Å². The Morgan fingerprint density at radius 2 is 2.25 bits per heavy atom. The Hall–Kier alpha value is -1.33. The van der Waals surface area contributed by atoms with Gasteiger partial charge in [0.25, 0.3) is 0 Å². The normalized spacial score (nSPS) is 10.6. The van der Waals surface area contributed by atoms with Crippen LogP contribution in [0.4, 0.5) is 0 Å². The zero-order valence-corrected chi connectivity index (χ0v) is 13.5. The molecule has 2 aromatic rings. The summed E-state index contributed by atoms with van der Waals surface area (Å²) >= 11 is 9.60. The zero-order chi connectivity index (χ0) is 14.7. The molecule has 0 unspecified atom stereocenters. The molecule has 0 aliphatic rings. The minimum Gasteiger partial charge on any atom is -0.486 e. The van der Waals surface area contributed by atoms with Crippen LogP contribution in [0.5, 0.6) is 5.75 Å². The van der Waals surface area contributed by atoms with E-state index in [9.17, 15) is 4.79 Å². The molecule has 0 saturated heterocycles. The molecule has 0 fully saturated rings. The summed E-state index contributed by atoms with van der Waals surface area (Å²) in [5.74, 6) is 0.545. The number of rotatable bonds is 5. The van der Waals surface area contributed by atoms with Gasteiger partial charge in [0.05, 0.1) is 20.9 Å². The lowest BCUT2D eigenvalue weighted by Crippen LogP contribution is -2.04. The van der Waals surface area contributed by atoms with E-state index in [1.165, 1.54) is 0 Å². The minimum atomic E-state index is 0.351. The topological polar surface area (TPSA) is 44.1 Å². The lowest BCUT2D eigenvalue weighted by molar-refractivity contribution is 0.112. The molecule has 20 heavy (non-hydrogen) atoms. The highest BCUT2D eigenvalue weighted by molar-refractivity contribution is 9.10. The van der Waals surface area contributed by atoms with Crippen LogP contribution in [0.25, 0.3) is 0 Å². The van der Waals surface area contributed by atoms with Gasteiger partial charge in [-0.3, -0.25) is 9.48 Å². The fourth-order valence-electron chi connectivity index (χ4n) is 1.83. The van der Waals surface area contributed by atoms with Crippen molar-refractivity contribution >= 4 is 33.8 Å². The number of carbonyl (C=O) groups is 1. The van der Waals surface area contributed by atoms with Crippen molar-refractivity contribution in [2.24, 2.45) is 7.05 Å². The molecular formula is C14H14BrClN2O2. The number of ether oxygens (including phenoxy) is 1. The molecule has 2 rings (SSSR count). The van der Waals surface area contributed by atoms with Crippen molar-refractivity contribution in [1.29, 1.82) is 0 Å². The monoisotopic (exact) mass is 356 g/mol. The van der Waals surface area contributed by atoms with E-state index in [1.54, 1.807) is 22.9 Å². The van der Waals surface area contributed by atoms with Gasteiger partial charge in [-0.1, -0.05) is 18.5 Å². The SMILES string of the molecule is CCc1nn(C)c(COc2ccc(C=O)cc2Cl)c1Br. The highest BCUT2D eigenvalue weighted by atomic mass is 79.9. The van der Waals surface area contributed by atoms with Crippen molar-refractivity contribution in [3.05, 3.63) is 44.6 Å². The standard InChI is InChI=1S/C14H14BrClN2O2/c1-3-11-14(15)12(18(2)17-11)8-20-13-5-4-9(7-19)6-10(13)16/h4-7H,3,8H2,1-2H3. The Balaban J connectivity index is 2.17. The van der Waals surface area contributed by atoms with Gasteiger partial charge in [0.2, 0.25) is 0 Å². The average molecular weight is 358 g/mol. The van der Waals surface area contributed by atoms with Crippen molar-refractivity contribution in [3.8, 4) is 5.75 Å². The van der Waals surface area contributed by atoms with Crippen LogP contribution in [-0.2, 0) is 20.1 Å². The quantitative estimate of drug-likeness (QED) is 0.765. The van der Waals surface area contributed by atoms with Crippen molar-refractivity contribution < 1.29 is 9.53 Å². The van der Waals surface area contributed by atoms with E-state index in [1.807, 2.05) is 14.0 Å².